The van der Waals surface area contributed by atoms with Gasteiger partial charge in [0.15, 0.2) is 0 Å². The summed E-state index contributed by atoms with van der Waals surface area (Å²) >= 11 is 3.40. The highest BCUT2D eigenvalue weighted by atomic mass is 79.9. The number of halogens is 2. The monoisotopic (exact) mass is 462 g/mol. The number of nitrogens with zero attached hydrogens (tertiary/aromatic N) is 1. The van der Waals surface area contributed by atoms with E-state index in [1.54, 1.807) is 30.3 Å². The van der Waals surface area contributed by atoms with Gasteiger partial charge in [0.2, 0.25) is 0 Å². The van der Waals surface area contributed by atoms with E-state index in [4.69, 9.17) is 4.74 Å². The molecule has 29 heavy (non-hydrogen) atoms. The van der Waals surface area contributed by atoms with Crippen LogP contribution in [0.4, 0.5) is 9.18 Å². The van der Waals surface area contributed by atoms with Crippen LogP contribution in [0.25, 0.3) is 6.08 Å². The van der Waals surface area contributed by atoms with Crippen molar-refractivity contribution in [1.82, 2.24) is 10.2 Å². The van der Waals surface area contributed by atoms with Crippen LogP contribution in [-0.2, 0) is 20.9 Å². The Hall–Kier alpha value is -3.20. The zero-order chi connectivity index (χ0) is 21.0. The summed E-state index contributed by atoms with van der Waals surface area (Å²) in [5.74, 6) is -1.06. The minimum Gasteiger partial charge on any atom is -0.488 e. The van der Waals surface area contributed by atoms with Gasteiger partial charge in [0.25, 0.3) is 5.91 Å². The van der Waals surface area contributed by atoms with Gasteiger partial charge in [-0.05, 0) is 57.4 Å². The molecule has 1 aliphatic heterocycles. The van der Waals surface area contributed by atoms with Crippen molar-refractivity contribution < 1.29 is 28.2 Å². The van der Waals surface area contributed by atoms with E-state index >= 15 is 0 Å². The standard InChI is InChI=1S/C20H16BrFN2O5/c1-28-18(25)10-24-19(26)16(23-20(24)27)9-13-4-7-17(15(21)8-13)29-11-12-2-5-14(22)6-3-12/h2-9H,10-11H2,1H3,(H,23,27). The van der Waals surface area contributed by atoms with Crippen molar-refractivity contribution >= 4 is 39.9 Å². The van der Waals surface area contributed by atoms with Crippen molar-refractivity contribution in [2.45, 2.75) is 6.61 Å². The minimum absolute atomic E-state index is 0.0470. The quantitative estimate of drug-likeness (QED) is 0.404. The normalized spacial score (nSPS) is 14.9. The Morgan fingerprint density at radius 1 is 1.21 bits per heavy atom. The molecule has 0 unspecified atom stereocenters. The number of ether oxygens (including phenoxy) is 2. The number of benzene rings is 2. The lowest BCUT2D eigenvalue weighted by molar-refractivity contribution is -0.143. The number of urea groups is 1. The largest absolute Gasteiger partial charge is 0.488 e. The molecule has 7 nitrogen and oxygen atoms in total. The van der Waals surface area contributed by atoms with Crippen molar-refractivity contribution in [3.05, 3.63) is 69.6 Å². The number of methoxy groups -OCH3 is 1. The Bertz CT molecular complexity index is 991. The van der Waals surface area contributed by atoms with E-state index in [-0.39, 0.29) is 18.1 Å². The molecule has 1 fully saturated rings. The number of rotatable bonds is 6. The molecule has 2 aromatic carbocycles. The SMILES string of the molecule is COC(=O)CN1C(=O)NC(=Cc2ccc(OCc3ccc(F)cc3)c(Br)c2)C1=O. The number of hydrogen-bond acceptors (Lipinski definition) is 5. The van der Waals surface area contributed by atoms with Crippen molar-refractivity contribution in [3.8, 4) is 5.75 Å². The predicted octanol–water partition coefficient (Wildman–Crippen LogP) is 3.23. The molecule has 9 heteroatoms. The number of carbonyl (C=O) groups excluding carboxylic acids is 3. The molecule has 3 amide bonds. The fourth-order valence-corrected chi connectivity index (χ4v) is 3.05. The van der Waals surface area contributed by atoms with Gasteiger partial charge in [-0.15, -0.1) is 0 Å². The van der Waals surface area contributed by atoms with E-state index in [1.807, 2.05) is 0 Å². The smallest absolute Gasteiger partial charge is 0.329 e. The molecular formula is C20H16BrFN2O5. The van der Waals surface area contributed by atoms with Crippen LogP contribution in [0.3, 0.4) is 0 Å². The Kier molecular flexibility index (Phi) is 6.28. The summed E-state index contributed by atoms with van der Waals surface area (Å²) in [6.07, 6.45) is 1.49. The van der Waals surface area contributed by atoms with Crippen LogP contribution >= 0.6 is 15.9 Å². The summed E-state index contributed by atoms with van der Waals surface area (Å²) in [7, 11) is 1.18. The first-order valence-corrected chi connectivity index (χ1v) is 9.25. The fraction of sp³-hybridized carbons (Fsp3) is 0.150. The second kappa shape index (κ2) is 8.87. The summed E-state index contributed by atoms with van der Waals surface area (Å²) in [5.41, 5.74) is 1.50. The van der Waals surface area contributed by atoms with Crippen molar-refractivity contribution in [2.24, 2.45) is 0 Å². The molecule has 1 saturated heterocycles. The lowest BCUT2D eigenvalue weighted by Crippen LogP contribution is -2.36. The molecule has 3 rings (SSSR count). The lowest BCUT2D eigenvalue weighted by atomic mass is 10.2. The highest BCUT2D eigenvalue weighted by molar-refractivity contribution is 9.10. The maximum absolute atomic E-state index is 13.0. The molecular weight excluding hydrogens is 447 g/mol. The van der Waals surface area contributed by atoms with Crippen LogP contribution in [-0.4, -0.2) is 36.5 Å². The molecule has 0 aromatic heterocycles. The minimum atomic E-state index is -0.694. The molecule has 1 N–H and O–H groups in total. The van der Waals surface area contributed by atoms with Gasteiger partial charge in [-0.25, -0.2) is 14.1 Å². The zero-order valence-electron chi connectivity index (χ0n) is 15.3. The van der Waals surface area contributed by atoms with Crippen LogP contribution in [0, 0.1) is 5.82 Å². The van der Waals surface area contributed by atoms with Gasteiger partial charge in [-0.1, -0.05) is 18.2 Å². The third-order valence-corrected chi connectivity index (χ3v) is 4.67. The number of esters is 1. The summed E-state index contributed by atoms with van der Waals surface area (Å²) in [6.45, 7) is -0.200. The highest BCUT2D eigenvalue weighted by Crippen LogP contribution is 2.28. The first-order chi connectivity index (χ1) is 13.9. The molecule has 0 aliphatic carbocycles. The molecule has 0 bridgehead atoms. The van der Waals surface area contributed by atoms with Crippen LogP contribution in [0.15, 0.2) is 52.6 Å². The van der Waals surface area contributed by atoms with E-state index in [9.17, 15) is 18.8 Å². The summed E-state index contributed by atoms with van der Waals surface area (Å²) in [6, 6.07) is 10.4. The lowest BCUT2D eigenvalue weighted by Gasteiger charge is -2.09. The van der Waals surface area contributed by atoms with Gasteiger partial charge in [0.05, 0.1) is 11.6 Å². The van der Waals surface area contributed by atoms with E-state index < -0.39 is 24.5 Å². The van der Waals surface area contributed by atoms with E-state index in [1.165, 1.54) is 25.3 Å². The van der Waals surface area contributed by atoms with E-state index in [2.05, 4.69) is 26.0 Å². The fourth-order valence-electron chi connectivity index (χ4n) is 2.54. The Morgan fingerprint density at radius 3 is 2.59 bits per heavy atom. The summed E-state index contributed by atoms with van der Waals surface area (Å²) < 4.78 is 23.8. The third kappa shape index (κ3) is 5.00. The Labute approximate surface area is 174 Å². The molecule has 0 radical (unpaired) electrons. The van der Waals surface area contributed by atoms with Gasteiger partial charge in [0, 0.05) is 0 Å². The first-order valence-electron chi connectivity index (χ1n) is 8.45. The summed E-state index contributed by atoms with van der Waals surface area (Å²) in [4.78, 5) is 36.3. The van der Waals surface area contributed by atoms with Crippen molar-refractivity contribution in [2.75, 3.05) is 13.7 Å². The average molecular weight is 463 g/mol. The van der Waals surface area contributed by atoms with Crippen LogP contribution in [0.5, 0.6) is 5.75 Å². The van der Waals surface area contributed by atoms with Gasteiger partial charge in [0.1, 0.15) is 30.4 Å². The van der Waals surface area contributed by atoms with E-state index in [0.29, 0.717) is 15.8 Å². The van der Waals surface area contributed by atoms with Crippen LogP contribution in [0.2, 0.25) is 0 Å². The maximum atomic E-state index is 13.0. The topological polar surface area (TPSA) is 84.9 Å². The van der Waals surface area contributed by atoms with Crippen molar-refractivity contribution in [3.63, 3.8) is 0 Å². The number of carbonyl (C=O) groups is 3. The Balaban J connectivity index is 1.69. The molecule has 0 atom stereocenters. The van der Waals surface area contributed by atoms with Gasteiger partial charge < -0.3 is 14.8 Å². The number of hydrogen-bond donors (Lipinski definition) is 1. The average Bonchev–Trinajstić information content (AvgIpc) is 2.96. The first kappa shape index (κ1) is 20.5. The van der Waals surface area contributed by atoms with Crippen molar-refractivity contribution in [1.29, 1.82) is 0 Å². The molecule has 2 aromatic rings. The molecule has 0 saturated carbocycles. The molecule has 150 valence electrons. The number of amides is 3. The number of nitrogens with one attached hydrogen (secondary N) is 1. The van der Waals surface area contributed by atoms with Gasteiger partial charge in [-0.2, -0.15) is 0 Å². The predicted molar refractivity (Wildman–Crippen MR) is 105 cm³/mol. The van der Waals surface area contributed by atoms with Gasteiger partial charge >= 0.3 is 12.0 Å². The number of imide groups is 1. The van der Waals surface area contributed by atoms with Crippen LogP contribution < -0.4 is 10.1 Å². The molecule has 1 aliphatic rings. The second-order valence-corrected chi connectivity index (χ2v) is 6.91. The zero-order valence-corrected chi connectivity index (χ0v) is 16.9. The van der Waals surface area contributed by atoms with Gasteiger partial charge in [-0.3, -0.25) is 9.59 Å². The Morgan fingerprint density at radius 2 is 1.93 bits per heavy atom. The summed E-state index contributed by atoms with van der Waals surface area (Å²) in [5, 5.41) is 2.43. The van der Waals surface area contributed by atoms with E-state index in [0.717, 1.165) is 10.5 Å². The molecule has 0 spiro atoms. The third-order valence-electron chi connectivity index (χ3n) is 4.05. The van der Waals surface area contributed by atoms with Crippen LogP contribution in [0.1, 0.15) is 11.1 Å². The second-order valence-electron chi connectivity index (χ2n) is 6.06. The maximum Gasteiger partial charge on any atom is 0.329 e. The molecule has 1 heterocycles. The highest BCUT2D eigenvalue weighted by Gasteiger charge is 2.35.